The number of rotatable bonds is 3. The van der Waals surface area contributed by atoms with E-state index in [1.54, 1.807) is 24.4 Å². The molecule has 2 bridgehead atoms. The van der Waals surface area contributed by atoms with Crippen LogP contribution in [0.3, 0.4) is 0 Å². The number of hydrogen-bond acceptors (Lipinski definition) is 6. The Labute approximate surface area is 195 Å². The highest BCUT2D eigenvalue weighted by Crippen LogP contribution is 2.42. The third-order valence-electron chi connectivity index (χ3n) is 6.90. The summed E-state index contributed by atoms with van der Waals surface area (Å²) in [5.41, 5.74) is 0.621. The predicted molar refractivity (Wildman–Crippen MR) is 127 cm³/mol. The Balaban J connectivity index is 1.57. The Morgan fingerprint density at radius 2 is 1.94 bits per heavy atom. The van der Waals surface area contributed by atoms with Gasteiger partial charge in [0.1, 0.15) is 22.8 Å². The summed E-state index contributed by atoms with van der Waals surface area (Å²) in [5.74, 6) is 1.34. The molecule has 6 nitrogen and oxygen atoms in total. The third-order valence-corrected chi connectivity index (χ3v) is 7.21. The van der Waals surface area contributed by atoms with Crippen LogP contribution in [0.2, 0.25) is 5.02 Å². The van der Waals surface area contributed by atoms with Crippen LogP contribution >= 0.6 is 11.6 Å². The summed E-state index contributed by atoms with van der Waals surface area (Å²) >= 11 is 6.46. The van der Waals surface area contributed by atoms with E-state index in [4.69, 9.17) is 16.3 Å². The molecule has 33 heavy (non-hydrogen) atoms. The van der Waals surface area contributed by atoms with Crippen molar-refractivity contribution in [2.24, 2.45) is 11.8 Å². The van der Waals surface area contributed by atoms with Crippen molar-refractivity contribution in [3.8, 4) is 23.0 Å². The zero-order valence-corrected chi connectivity index (χ0v) is 18.8. The Hall–Kier alpha value is -3.19. The first kappa shape index (κ1) is 20.4. The van der Waals surface area contributed by atoms with E-state index >= 15 is 4.39 Å². The number of fused-ring (bicyclic) bond motifs is 4. The van der Waals surface area contributed by atoms with Gasteiger partial charge in [0.2, 0.25) is 0 Å². The van der Waals surface area contributed by atoms with Crippen molar-refractivity contribution in [1.29, 1.82) is 0 Å². The minimum atomic E-state index is -0.596. The second kappa shape index (κ2) is 7.70. The molecule has 1 aliphatic heterocycles. The van der Waals surface area contributed by atoms with E-state index in [-0.39, 0.29) is 23.0 Å². The van der Waals surface area contributed by atoms with E-state index in [0.717, 1.165) is 13.1 Å². The lowest BCUT2D eigenvalue weighted by Gasteiger charge is -2.33. The molecule has 0 radical (unpaired) electrons. The molecular formula is C25H22ClFN4O2. The molecule has 1 aliphatic carbocycles. The molecule has 1 saturated carbocycles. The number of phenolic OH excluding ortho intramolecular Hbond substituents is 1. The average Bonchev–Trinajstić information content (AvgIpc) is 3.15. The maximum atomic E-state index is 16.0. The first-order chi connectivity index (χ1) is 16.0. The lowest BCUT2D eigenvalue weighted by atomic mass is 9.98. The first-order valence-corrected chi connectivity index (χ1v) is 11.5. The number of aromatic nitrogens is 3. The van der Waals surface area contributed by atoms with Crippen LogP contribution in [0.5, 0.6) is 11.8 Å². The molecule has 0 spiro atoms. The van der Waals surface area contributed by atoms with Gasteiger partial charge in [-0.05, 0) is 54.7 Å². The summed E-state index contributed by atoms with van der Waals surface area (Å²) in [7, 11) is 1.48. The molecule has 3 heterocycles. The Kier molecular flexibility index (Phi) is 4.76. The van der Waals surface area contributed by atoms with Crippen molar-refractivity contribution in [1.82, 2.24) is 15.0 Å². The van der Waals surface area contributed by atoms with Gasteiger partial charge in [-0.25, -0.2) is 4.39 Å². The SMILES string of the molecule is COc1nc(N2CC3CCC(C3)C2)c2cnc(-c3cc(O)cc4cccc(Cl)c34)c(F)c2n1. The van der Waals surface area contributed by atoms with Gasteiger partial charge >= 0.3 is 6.01 Å². The van der Waals surface area contributed by atoms with Crippen LogP contribution in [0.4, 0.5) is 10.2 Å². The first-order valence-electron chi connectivity index (χ1n) is 11.1. The van der Waals surface area contributed by atoms with Gasteiger partial charge in [-0.1, -0.05) is 23.7 Å². The minimum Gasteiger partial charge on any atom is -0.508 e. The molecule has 2 aliphatic rings. The van der Waals surface area contributed by atoms with E-state index in [0.29, 0.717) is 44.4 Å². The van der Waals surface area contributed by atoms with E-state index in [9.17, 15) is 5.11 Å². The molecule has 0 amide bonds. The molecule has 2 aromatic heterocycles. The number of anilines is 1. The van der Waals surface area contributed by atoms with Crippen molar-refractivity contribution in [2.45, 2.75) is 19.3 Å². The van der Waals surface area contributed by atoms with Gasteiger partial charge in [0.15, 0.2) is 5.82 Å². The number of aromatic hydroxyl groups is 1. The van der Waals surface area contributed by atoms with Crippen LogP contribution < -0.4 is 9.64 Å². The lowest BCUT2D eigenvalue weighted by molar-refractivity contribution is 0.378. The number of phenols is 1. The molecule has 8 heteroatoms. The van der Waals surface area contributed by atoms with Crippen LogP contribution in [0.25, 0.3) is 32.9 Å². The molecule has 2 fully saturated rings. The van der Waals surface area contributed by atoms with Crippen LogP contribution in [-0.2, 0) is 0 Å². The Morgan fingerprint density at radius 1 is 1.15 bits per heavy atom. The number of halogens is 2. The highest BCUT2D eigenvalue weighted by Gasteiger charge is 2.34. The molecule has 1 saturated heterocycles. The number of methoxy groups -OCH3 is 1. The fourth-order valence-electron chi connectivity index (χ4n) is 5.48. The van der Waals surface area contributed by atoms with Gasteiger partial charge < -0.3 is 14.7 Å². The molecule has 6 rings (SSSR count). The van der Waals surface area contributed by atoms with Crippen LogP contribution in [0.1, 0.15) is 19.3 Å². The molecule has 4 aromatic rings. The van der Waals surface area contributed by atoms with Gasteiger partial charge in [0.25, 0.3) is 0 Å². The molecule has 2 atom stereocenters. The molecule has 1 N–H and O–H groups in total. The van der Waals surface area contributed by atoms with Crippen molar-refractivity contribution in [2.75, 3.05) is 25.1 Å². The quantitative estimate of drug-likeness (QED) is 0.426. The smallest absolute Gasteiger partial charge is 0.318 e. The topological polar surface area (TPSA) is 71.4 Å². The second-order valence-corrected chi connectivity index (χ2v) is 9.41. The van der Waals surface area contributed by atoms with Crippen molar-refractivity contribution in [3.05, 3.63) is 47.4 Å². The van der Waals surface area contributed by atoms with E-state index < -0.39 is 5.82 Å². The summed E-state index contributed by atoms with van der Waals surface area (Å²) in [6.45, 7) is 1.78. The van der Waals surface area contributed by atoms with Gasteiger partial charge in [-0.3, -0.25) is 4.98 Å². The van der Waals surface area contributed by atoms with Gasteiger partial charge in [0, 0.05) is 35.3 Å². The van der Waals surface area contributed by atoms with Gasteiger partial charge in [0.05, 0.1) is 12.5 Å². The van der Waals surface area contributed by atoms with E-state index in [1.165, 1.54) is 32.4 Å². The zero-order valence-electron chi connectivity index (χ0n) is 18.1. The van der Waals surface area contributed by atoms with Crippen LogP contribution in [0, 0.1) is 17.7 Å². The van der Waals surface area contributed by atoms with Gasteiger partial charge in [-0.15, -0.1) is 0 Å². The number of nitrogens with zero attached hydrogens (tertiary/aromatic N) is 4. The van der Waals surface area contributed by atoms with Crippen molar-refractivity contribution < 1.29 is 14.2 Å². The third kappa shape index (κ3) is 3.33. The fourth-order valence-corrected chi connectivity index (χ4v) is 5.76. The summed E-state index contributed by atoms with van der Waals surface area (Å²) < 4.78 is 21.4. The molecule has 2 unspecified atom stereocenters. The van der Waals surface area contributed by atoms with Crippen LogP contribution in [0.15, 0.2) is 36.5 Å². The molecular weight excluding hydrogens is 443 g/mol. The maximum absolute atomic E-state index is 16.0. The number of benzene rings is 2. The summed E-state index contributed by atoms with van der Waals surface area (Å²) in [6, 6.07) is 8.53. The van der Waals surface area contributed by atoms with E-state index in [1.807, 2.05) is 6.07 Å². The molecule has 2 aromatic carbocycles. The van der Waals surface area contributed by atoms with Gasteiger partial charge in [-0.2, -0.15) is 9.97 Å². The van der Waals surface area contributed by atoms with Crippen molar-refractivity contribution >= 4 is 39.1 Å². The molecule has 168 valence electrons. The van der Waals surface area contributed by atoms with Crippen molar-refractivity contribution in [3.63, 3.8) is 0 Å². The number of piperidine rings is 1. The predicted octanol–water partition coefficient (Wildman–Crippen LogP) is 5.59. The summed E-state index contributed by atoms with van der Waals surface area (Å²) in [6.07, 6.45) is 5.32. The second-order valence-electron chi connectivity index (χ2n) is 9.00. The zero-order chi connectivity index (χ0) is 22.7. The summed E-state index contributed by atoms with van der Waals surface area (Å²) in [4.78, 5) is 15.6. The highest BCUT2D eigenvalue weighted by molar-refractivity contribution is 6.36. The normalized spacial score (nSPS) is 20.0. The monoisotopic (exact) mass is 464 g/mol. The number of hydrogen-bond donors (Lipinski definition) is 1. The number of pyridine rings is 1. The lowest BCUT2D eigenvalue weighted by Crippen LogP contribution is -2.37. The standard InChI is InChI=1S/C25H22ClFN4O2/c1-33-25-29-23-18(24(30-25)31-11-13-5-6-14(7-13)12-31)10-28-22(21(23)27)17-9-16(32)8-15-3-2-4-19(26)20(15)17/h2-4,8-10,13-14,32H,5-7,11-12H2,1H3. The number of ether oxygens (including phenoxy) is 1. The summed E-state index contributed by atoms with van der Waals surface area (Å²) in [5, 5.41) is 12.6. The Bertz CT molecular complexity index is 1400. The van der Waals surface area contributed by atoms with Crippen LogP contribution in [-0.4, -0.2) is 40.3 Å². The minimum absolute atomic E-state index is 0.00538. The highest BCUT2D eigenvalue weighted by atomic mass is 35.5. The fraction of sp³-hybridized carbons (Fsp3) is 0.320. The van der Waals surface area contributed by atoms with E-state index in [2.05, 4.69) is 19.9 Å². The Morgan fingerprint density at radius 3 is 2.70 bits per heavy atom. The average molecular weight is 465 g/mol. The maximum Gasteiger partial charge on any atom is 0.318 e. The largest absolute Gasteiger partial charge is 0.508 e.